The number of nitrogens with one attached hydrogen (secondary N) is 2. The zero-order valence-electron chi connectivity index (χ0n) is 16.9. The number of aryl methyl sites for hydroxylation is 1. The minimum Gasteiger partial charge on any atom is -0.493 e. The molecule has 0 radical (unpaired) electrons. The second-order valence-electron chi connectivity index (χ2n) is 7.37. The SMILES string of the molecule is COCCCOc1cc(C)ccc1CNC(=O)CC(C)C1CCCNC1.Cl. The lowest BCUT2D eigenvalue weighted by atomic mass is 9.85. The second-order valence-corrected chi connectivity index (χ2v) is 7.37. The van der Waals surface area contributed by atoms with Crippen LogP contribution in [0.5, 0.6) is 5.75 Å². The molecule has 1 saturated heterocycles. The number of amides is 1. The summed E-state index contributed by atoms with van der Waals surface area (Å²) in [4.78, 5) is 12.4. The summed E-state index contributed by atoms with van der Waals surface area (Å²) in [6.45, 7) is 8.18. The summed E-state index contributed by atoms with van der Waals surface area (Å²) < 4.78 is 10.9. The minimum atomic E-state index is 0. The van der Waals surface area contributed by atoms with E-state index in [1.54, 1.807) is 7.11 Å². The molecule has 1 aromatic rings. The number of methoxy groups -OCH3 is 1. The summed E-state index contributed by atoms with van der Waals surface area (Å²) in [5.74, 6) is 1.99. The van der Waals surface area contributed by atoms with Gasteiger partial charge in [0.1, 0.15) is 5.75 Å². The maximum Gasteiger partial charge on any atom is 0.220 e. The van der Waals surface area contributed by atoms with E-state index in [9.17, 15) is 4.79 Å². The van der Waals surface area contributed by atoms with E-state index in [4.69, 9.17) is 9.47 Å². The average Bonchev–Trinajstić information content (AvgIpc) is 2.65. The Morgan fingerprint density at radius 1 is 1.37 bits per heavy atom. The Morgan fingerprint density at radius 3 is 2.89 bits per heavy atom. The molecule has 5 nitrogen and oxygen atoms in total. The van der Waals surface area contributed by atoms with Gasteiger partial charge in [0, 0.05) is 38.7 Å². The van der Waals surface area contributed by atoms with Crippen molar-refractivity contribution in [3.05, 3.63) is 29.3 Å². The molecule has 0 aliphatic carbocycles. The van der Waals surface area contributed by atoms with Crippen LogP contribution >= 0.6 is 12.4 Å². The van der Waals surface area contributed by atoms with E-state index in [0.29, 0.717) is 38.0 Å². The number of halogens is 1. The van der Waals surface area contributed by atoms with E-state index in [2.05, 4.69) is 23.6 Å². The molecular formula is C21H35ClN2O3. The van der Waals surface area contributed by atoms with Crippen LogP contribution in [0.3, 0.4) is 0 Å². The first-order valence-electron chi connectivity index (χ1n) is 9.79. The molecule has 1 heterocycles. The van der Waals surface area contributed by atoms with Crippen LogP contribution in [0.25, 0.3) is 0 Å². The Morgan fingerprint density at radius 2 is 2.19 bits per heavy atom. The summed E-state index contributed by atoms with van der Waals surface area (Å²) in [6.07, 6.45) is 3.87. The summed E-state index contributed by atoms with van der Waals surface area (Å²) in [7, 11) is 1.69. The van der Waals surface area contributed by atoms with E-state index in [0.717, 1.165) is 36.4 Å². The Kier molecular flexibility index (Phi) is 11.4. The summed E-state index contributed by atoms with van der Waals surface area (Å²) in [5.41, 5.74) is 2.17. The summed E-state index contributed by atoms with van der Waals surface area (Å²) in [6, 6.07) is 6.13. The number of benzene rings is 1. The van der Waals surface area contributed by atoms with E-state index in [1.165, 1.54) is 12.8 Å². The van der Waals surface area contributed by atoms with Gasteiger partial charge in [-0.2, -0.15) is 0 Å². The van der Waals surface area contributed by atoms with E-state index in [1.807, 2.05) is 19.1 Å². The maximum absolute atomic E-state index is 12.4. The molecule has 6 heteroatoms. The molecule has 1 fully saturated rings. The fourth-order valence-corrected chi connectivity index (χ4v) is 3.42. The van der Waals surface area contributed by atoms with Crippen LogP contribution in [0.4, 0.5) is 0 Å². The average molecular weight is 399 g/mol. The zero-order chi connectivity index (χ0) is 18.8. The number of carbonyl (C=O) groups excluding carboxylic acids is 1. The van der Waals surface area contributed by atoms with Gasteiger partial charge in [-0.05, 0) is 56.3 Å². The molecule has 1 amide bonds. The number of carbonyl (C=O) groups is 1. The molecule has 1 aliphatic heterocycles. The lowest BCUT2D eigenvalue weighted by Crippen LogP contribution is -2.35. The van der Waals surface area contributed by atoms with Gasteiger partial charge in [0.15, 0.2) is 0 Å². The maximum atomic E-state index is 12.4. The highest BCUT2D eigenvalue weighted by molar-refractivity contribution is 5.85. The monoisotopic (exact) mass is 398 g/mol. The third-order valence-corrected chi connectivity index (χ3v) is 5.10. The predicted molar refractivity (Wildman–Crippen MR) is 112 cm³/mol. The van der Waals surface area contributed by atoms with Gasteiger partial charge in [0.2, 0.25) is 5.91 Å². The van der Waals surface area contributed by atoms with E-state index < -0.39 is 0 Å². The molecule has 2 unspecified atom stereocenters. The third-order valence-electron chi connectivity index (χ3n) is 5.10. The third kappa shape index (κ3) is 8.50. The topological polar surface area (TPSA) is 59.6 Å². The van der Waals surface area contributed by atoms with Crippen molar-refractivity contribution in [2.45, 2.75) is 46.1 Å². The predicted octanol–water partition coefficient (Wildman–Crippen LogP) is 3.47. The molecule has 1 aliphatic rings. The van der Waals surface area contributed by atoms with Gasteiger partial charge >= 0.3 is 0 Å². The standard InChI is InChI=1S/C21H34N2O3.ClH/c1-16-7-8-19(20(12-16)26-11-5-10-25-3)15-23-21(24)13-17(2)18-6-4-9-22-14-18;/h7-8,12,17-18,22H,4-6,9-11,13-15H2,1-3H3,(H,23,24);1H. The number of ether oxygens (including phenoxy) is 2. The lowest BCUT2D eigenvalue weighted by Gasteiger charge is -2.28. The van der Waals surface area contributed by atoms with Gasteiger partial charge in [0.05, 0.1) is 6.61 Å². The van der Waals surface area contributed by atoms with Crippen LogP contribution in [0, 0.1) is 18.8 Å². The highest BCUT2D eigenvalue weighted by Crippen LogP contribution is 2.23. The highest BCUT2D eigenvalue weighted by Gasteiger charge is 2.22. The molecule has 1 aromatic carbocycles. The molecule has 0 bridgehead atoms. The van der Waals surface area contributed by atoms with Crippen molar-refractivity contribution in [1.82, 2.24) is 10.6 Å². The van der Waals surface area contributed by atoms with Crippen LogP contribution in [-0.4, -0.2) is 39.3 Å². The normalized spacial score (nSPS) is 17.7. The molecule has 2 atom stereocenters. The van der Waals surface area contributed by atoms with Crippen molar-refractivity contribution in [3.8, 4) is 5.75 Å². The van der Waals surface area contributed by atoms with Gasteiger partial charge in [-0.3, -0.25) is 4.79 Å². The zero-order valence-corrected chi connectivity index (χ0v) is 17.7. The van der Waals surface area contributed by atoms with Gasteiger partial charge in [-0.25, -0.2) is 0 Å². The Balaban J connectivity index is 0.00000364. The van der Waals surface area contributed by atoms with Crippen LogP contribution in [0.1, 0.15) is 43.7 Å². The Bertz CT molecular complexity index is 562. The van der Waals surface area contributed by atoms with Crippen molar-refractivity contribution in [2.24, 2.45) is 11.8 Å². The molecule has 27 heavy (non-hydrogen) atoms. The van der Waals surface area contributed by atoms with Gasteiger partial charge in [0.25, 0.3) is 0 Å². The summed E-state index contributed by atoms with van der Waals surface area (Å²) >= 11 is 0. The van der Waals surface area contributed by atoms with Crippen molar-refractivity contribution < 1.29 is 14.3 Å². The molecular weight excluding hydrogens is 364 g/mol. The minimum absolute atomic E-state index is 0. The quantitative estimate of drug-likeness (QED) is 0.592. The van der Waals surface area contributed by atoms with Gasteiger partial charge in [-0.15, -0.1) is 12.4 Å². The highest BCUT2D eigenvalue weighted by atomic mass is 35.5. The number of piperidine rings is 1. The number of hydrogen-bond donors (Lipinski definition) is 2. The second kappa shape index (κ2) is 13.0. The van der Waals surface area contributed by atoms with Crippen LogP contribution in [-0.2, 0) is 16.1 Å². The smallest absolute Gasteiger partial charge is 0.220 e. The molecule has 0 aromatic heterocycles. The van der Waals surface area contributed by atoms with Crippen molar-refractivity contribution >= 4 is 18.3 Å². The van der Waals surface area contributed by atoms with Gasteiger partial charge in [-0.1, -0.05) is 19.1 Å². The molecule has 154 valence electrons. The number of rotatable bonds is 10. The number of hydrogen-bond acceptors (Lipinski definition) is 4. The largest absolute Gasteiger partial charge is 0.493 e. The Labute approximate surface area is 170 Å². The first-order valence-corrected chi connectivity index (χ1v) is 9.79. The van der Waals surface area contributed by atoms with Crippen molar-refractivity contribution in [2.75, 3.05) is 33.4 Å². The first kappa shape index (κ1) is 23.7. The first-order chi connectivity index (χ1) is 12.6. The lowest BCUT2D eigenvalue weighted by molar-refractivity contribution is -0.122. The molecule has 0 saturated carbocycles. The Hall–Kier alpha value is -1.30. The van der Waals surface area contributed by atoms with E-state index in [-0.39, 0.29) is 18.3 Å². The van der Waals surface area contributed by atoms with Crippen LogP contribution < -0.4 is 15.4 Å². The molecule has 2 N–H and O–H groups in total. The van der Waals surface area contributed by atoms with Crippen LogP contribution in [0.2, 0.25) is 0 Å². The molecule has 0 spiro atoms. The van der Waals surface area contributed by atoms with Gasteiger partial charge < -0.3 is 20.1 Å². The fraction of sp³-hybridized carbons (Fsp3) is 0.667. The van der Waals surface area contributed by atoms with Crippen molar-refractivity contribution in [3.63, 3.8) is 0 Å². The summed E-state index contributed by atoms with van der Waals surface area (Å²) in [5, 5.41) is 6.50. The molecule has 2 rings (SSSR count). The fourth-order valence-electron chi connectivity index (χ4n) is 3.42. The van der Waals surface area contributed by atoms with Crippen molar-refractivity contribution in [1.29, 1.82) is 0 Å². The van der Waals surface area contributed by atoms with E-state index >= 15 is 0 Å². The van der Waals surface area contributed by atoms with Crippen LogP contribution in [0.15, 0.2) is 18.2 Å².